The second-order valence-electron chi connectivity index (χ2n) is 8.64. The number of nitrogens with zero attached hydrogens (tertiary/aromatic N) is 2. The number of benzene rings is 4. The van der Waals surface area contributed by atoms with Crippen molar-refractivity contribution in [1.82, 2.24) is 0 Å². The van der Waals surface area contributed by atoms with Crippen LogP contribution >= 0.6 is 0 Å². The molecule has 4 aromatic rings. The lowest BCUT2D eigenvalue weighted by Gasteiger charge is -2.26. The van der Waals surface area contributed by atoms with Crippen LogP contribution in [0, 0.1) is 22.6 Å². The maximum absolute atomic E-state index is 11.4. The van der Waals surface area contributed by atoms with E-state index in [0.717, 1.165) is 22.3 Å². The van der Waals surface area contributed by atoms with Gasteiger partial charge in [0.1, 0.15) is 0 Å². The van der Waals surface area contributed by atoms with Gasteiger partial charge in [-0.2, -0.15) is 0 Å². The molecule has 0 heterocycles. The van der Waals surface area contributed by atoms with Crippen molar-refractivity contribution >= 4 is 0 Å². The summed E-state index contributed by atoms with van der Waals surface area (Å²) in [7, 11) is 0. The molecule has 0 N–H and O–H groups in total. The fourth-order valence-corrected chi connectivity index (χ4v) is 4.46. The Morgan fingerprint density at radius 1 is 0.474 bits per heavy atom. The van der Waals surface area contributed by atoms with Crippen LogP contribution in [0.25, 0.3) is 10.0 Å². The standard InChI is InChI=1S/C32H28N2O4/c35-33-25-31(27-15-5-1-6-16-27,28-17-7-2-8-18-28)37-23-13-14-24-38-32(26-34-36,29-19-9-3-10-20-29)30-21-11-4-12-22-30/h1-12,15-22H,13-14,23-24H2. The molecule has 4 aromatic carbocycles. The van der Waals surface area contributed by atoms with E-state index in [0.29, 0.717) is 26.1 Å². The Hall–Kier alpha value is -4.62. The molecule has 6 heteroatoms. The number of ether oxygens (including phenoxy) is 2. The summed E-state index contributed by atoms with van der Waals surface area (Å²) in [4.78, 5) is 0. The second-order valence-corrected chi connectivity index (χ2v) is 8.64. The molecule has 0 radical (unpaired) electrons. The second kappa shape index (κ2) is 13.1. The SMILES string of the molecule is [O-][N+]#CC(OCCCCOC(C#[N+][O-])(c1ccccc1)c1ccccc1)(c1ccccc1)c1ccccc1. The molecule has 0 aliphatic carbocycles. The maximum Gasteiger partial charge on any atom is 0.344 e. The minimum atomic E-state index is -1.23. The Kier molecular flexibility index (Phi) is 9.10. The molecule has 0 aromatic heterocycles. The van der Waals surface area contributed by atoms with Gasteiger partial charge in [-0.25, -0.2) is 0 Å². The van der Waals surface area contributed by atoms with Gasteiger partial charge in [0.25, 0.3) is 11.2 Å². The minimum absolute atomic E-state index is 0.318. The molecule has 0 saturated heterocycles. The van der Waals surface area contributed by atoms with Gasteiger partial charge >= 0.3 is 12.1 Å². The van der Waals surface area contributed by atoms with Gasteiger partial charge in [-0.1, -0.05) is 121 Å². The van der Waals surface area contributed by atoms with E-state index < -0.39 is 11.2 Å². The highest BCUT2D eigenvalue weighted by atomic mass is 16.5. The Bertz CT molecular complexity index is 1200. The first kappa shape index (κ1) is 26.4. The average Bonchev–Trinajstić information content (AvgIpc) is 2.99. The van der Waals surface area contributed by atoms with E-state index in [1.165, 1.54) is 0 Å². The van der Waals surface area contributed by atoms with Crippen LogP contribution < -0.4 is 0 Å². The lowest BCUT2D eigenvalue weighted by atomic mass is 9.87. The third-order valence-corrected chi connectivity index (χ3v) is 6.30. The molecule has 190 valence electrons. The molecule has 0 fully saturated rings. The highest BCUT2D eigenvalue weighted by Crippen LogP contribution is 2.35. The van der Waals surface area contributed by atoms with Crippen molar-refractivity contribution in [2.24, 2.45) is 0 Å². The van der Waals surface area contributed by atoms with Crippen molar-refractivity contribution in [3.05, 3.63) is 164 Å². The molecule has 0 aliphatic rings. The first-order valence-corrected chi connectivity index (χ1v) is 12.4. The molecule has 4 rings (SSSR count). The fourth-order valence-electron chi connectivity index (χ4n) is 4.46. The van der Waals surface area contributed by atoms with Gasteiger partial charge in [-0.05, 0) is 12.8 Å². The molecule has 0 bridgehead atoms. The van der Waals surface area contributed by atoms with Gasteiger partial charge in [0.05, 0.1) is 0 Å². The third kappa shape index (κ3) is 5.85. The van der Waals surface area contributed by atoms with Crippen LogP contribution in [-0.2, 0) is 20.7 Å². The normalized spacial score (nSPS) is 11.1. The fraction of sp³-hybridized carbons (Fsp3) is 0.188. The van der Waals surface area contributed by atoms with Gasteiger partial charge in [-0.3, -0.25) is 0 Å². The van der Waals surface area contributed by atoms with Crippen molar-refractivity contribution in [1.29, 1.82) is 0 Å². The van der Waals surface area contributed by atoms with E-state index in [2.05, 4.69) is 22.2 Å². The zero-order valence-corrected chi connectivity index (χ0v) is 20.9. The third-order valence-electron chi connectivity index (χ3n) is 6.30. The van der Waals surface area contributed by atoms with Gasteiger partial charge in [0, 0.05) is 45.5 Å². The molecule has 0 amide bonds. The molecule has 0 saturated carbocycles. The van der Waals surface area contributed by atoms with Crippen LogP contribution in [-0.4, -0.2) is 13.2 Å². The summed E-state index contributed by atoms with van der Waals surface area (Å²) in [6.07, 6.45) is 1.24. The van der Waals surface area contributed by atoms with Crippen LogP contribution in [0.5, 0.6) is 0 Å². The zero-order chi connectivity index (χ0) is 26.5. The van der Waals surface area contributed by atoms with Crippen LogP contribution in [0.1, 0.15) is 35.1 Å². The summed E-state index contributed by atoms with van der Waals surface area (Å²) in [5.74, 6) is 0. The summed E-state index contributed by atoms with van der Waals surface area (Å²) >= 11 is 0. The predicted molar refractivity (Wildman–Crippen MR) is 150 cm³/mol. The summed E-state index contributed by atoms with van der Waals surface area (Å²) < 4.78 is 12.7. The molecule has 6 nitrogen and oxygen atoms in total. The van der Waals surface area contributed by atoms with Crippen molar-refractivity contribution in [3.63, 3.8) is 0 Å². The van der Waals surface area contributed by atoms with Gasteiger partial charge < -0.3 is 19.9 Å². The highest BCUT2D eigenvalue weighted by molar-refractivity contribution is 5.45. The molecule has 0 spiro atoms. The van der Waals surface area contributed by atoms with E-state index >= 15 is 0 Å². The number of unbranched alkanes of at least 4 members (excludes halogenated alkanes) is 1. The quantitative estimate of drug-likeness (QED) is 0.158. The van der Waals surface area contributed by atoms with Gasteiger partial charge in [0.15, 0.2) is 0 Å². The Balaban J connectivity index is 1.49. The average molecular weight is 505 g/mol. The van der Waals surface area contributed by atoms with Gasteiger partial charge in [0.2, 0.25) is 0 Å². The zero-order valence-electron chi connectivity index (χ0n) is 20.9. The van der Waals surface area contributed by atoms with Crippen molar-refractivity contribution in [2.45, 2.75) is 24.0 Å². The Morgan fingerprint density at radius 3 is 0.974 bits per heavy atom. The van der Waals surface area contributed by atoms with Crippen LogP contribution in [0.15, 0.2) is 121 Å². The van der Waals surface area contributed by atoms with E-state index in [1.807, 2.05) is 121 Å². The van der Waals surface area contributed by atoms with E-state index in [9.17, 15) is 10.4 Å². The van der Waals surface area contributed by atoms with Crippen molar-refractivity contribution in [3.8, 4) is 12.1 Å². The molecule has 0 unspecified atom stereocenters. The first-order chi connectivity index (χ1) is 18.7. The smallest absolute Gasteiger partial charge is 0.344 e. The lowest BCUT2D eigenvalue weighted by molar-refractivity contribution is 0.00333. The van der Waals surface area contributed by atoms with E-state index in [1.54, 1.807) is 0 Å². The first-order valence-electron chi connectivity index (χ1n) is 12.4. The maximum atomic E-state index is 11.4. The largest absolute Gasteiger partial charge is 0.498 e. The molecular formula is C32H28N2O4. The Morgan fingerprint density at radius 2 is 0.737 bits per heavy atom. The number of hydrogen-bond acceptors (Lipinski definition) is 4. The summed E-state index contributed by atoms with van der Waals surface area (Å²) in [5.41, 5.74) is 0.578. The van der Waals surface area contributed by atoms with E-state index in [-0.39, 0.29) is 0 Å². The van der Waals surface area contributed by atoms with Crippen LogP contribution in [0.3, 0.4) is 0 Å². The number of hydrogen-bond donors (Lipinski definition) is 0. The summed E-state index contributed by atoms with van der Waals surface area (Å²) in [5, 5.41) is 28.9. The van der Waals surface area contributed by atoms with E-state index in [4.69, 9.17) is 9.47 Å². The monoisotopic (exact) mass is 504 g/mol. The summed E-state index contributed by atoms with van der Waals surface area (Å²) in [6.45, 7) is 0.636. The number of rotatable bonds is 11. The predicted octanol–water partition coefficient (Wildman–Crippen LogP) is 7.35. The topological polar surface area (TPSA) is 73.3 Å². The minimum Gasteiger partial charge on any atom is -0.498 e. The van der Waals surface area contributed by atoms with Crippen molar-refractivity contribution < 1.29 is 9.47 Å². The molecule has 38 heavy (non-hydrogen) atoms. The molecule has 0 atom stereocenters. The summed E-state index contributed by atoms with van der Waals surface area (Å²) in [6, 6.07) is 43.1. The van der Waals surface area contributed by atoms with Crippen LogP contribution in [0.4, 0.5) is 0 Å². The van der Waals surface area contributed by atoms with Crippen molar-refractivity contribution in [2.75, 3.05) is 13.2 Å². The highest BCUT2D eigenvalue weighted by Gasteiger charge is 2.41. The Labute approximate surface area is 222 Å². The molecule has 0 aliphatic heterocycles. The van der Waals surface area contributed by atoms with Gasteiger partial charge in [-0.15, -0.1) is 0 Å². The van der Waals surface area contributed by atoms with Crippen LogP contribution in [0.2, 0.25) is 0 Å². The molecular weight excluding hydrogens is 476 g/mol. The lowest BCUT2D eigenvalue weighted by Crippen LogP contribution is -2.31.